The van der Waals surface area contributed by atoms with E-state index in [1.807, 2.05) is 11.8 Å². The number of piperidine rings is 1. The summed E-state index contributed by atoms with van der Waals surface area (Å²) < 4.78 is 31.4. The normalized spacial score (nSPS) is 21.4. The number of halogens is 1. The smallest absolute Gasteiger partial charge is 0.243 e. The summed E-state index contributed by atoms with van der Waals surface area (Å²) in [6, 6.07) is 7.64. The molecule has 9 heteroatoms. The van der Waals surface area contributed by atoms with Crippen LogP contribution in [0.2, 0.25) is 5.02 Å². The van der Waals surface area contributed by atoms with E-state index in [0.717, 1.165) is 37.9 Å². The van der Waals surface area contributed by atoms with Crippen molar-refractivity contribution in [2.24, 2.45) is 0 Å². The van der Waals surface area contributed by atoms with E-state index in [1.165, 1.54) is 37.3 Å². The molecule has 2 aromatic rings. The van der Waals surface area contributed by atoms with Crippen molar-refractivity contribution in [3.05, 3.63) is 51.8 Å². The van der Waals surface area contributed by atoms with Crippen molar-refractivity contribution in [1.29, 1.82) is 0 Å². The standard InChI is InChI=1S/C28H39ClN4O3S/c1-21-18-27(22(2)17-26(21)29)37(35,36)33-14-4-3-7-23(33)10-11-28(34)31-15-16-32-24(8-9-25(32)20-31)19-30-12-5-6-13-30/h8-9,17-18,23H,3-7,10-16,19-20H2,1-2H3. The molecule has 202 valence electrons. The number of nitrogens with zero attached hydrogens (tertiary/aromatic N) is 4. The average Bonchev–Trinajstić information content (AvgIpc) is 3.55. The van der Waals surface area contributed by atoms with Gasteiger partial charge >= 0.3 is 0 Å². The van der Waals surface area contributed by atoms with Crippen LogP contribution >= 0.6 is 11.6 Å². The van der Waals surface area contributed by atoms with Crippen molar-refractivity contribution in [2.45, 2.75) is 89.4 Å². The van der Waals surface area contributed by atoms with Gasteiger partial charge in [0.05, 0.1) is 11.4 Å². The minimum atomic E-state index is -3.66. The van der Waals surface area contributed by atoms with Crippen LogP contribution in [0.1, 0.15) is 67.5 Å². The predicted molar refractivity (Wildman–Crippen MR) is 146 cm³/mol. The highest BCUT2D eigenvalue weighted by Gasteiger charge is 2.35. The molecule has 0 aliphatic carbocycles. The Morgan fingerprint density at radius 3 is 2.51 bits per heavy atom. The predicted octanol–water partition coefficient (Wildman–Crippen LogP) is 4.72. The zero-order valence-electron chi connectivity index (χ0n) is 22.1. The Morgan fingerprint density at radius 1 is 0.973 bits per heavy atom. The summed E-state index contributed by atoms with van der Waals surface area (Å²) in [5.41, 5.74) is 3.97. The second kappa shape index (κ2) is 11.1. The van der Waals surface area contributed by atoms with Crippen LogP contribution in [0, 0.1) is 13.8 Å². The molecule has 3 aliphatic heterocycles. The van der Waals surface area contributed by atoms with Crippen molar-refractivity contribution in [2.75, 3.05) is 26.2 Å². The molecule has 0 bridgehead atoms. The van der Waals surface area contributed by atoms with Crippen molar-refractivity contribution in [3.63, 3.8) is 0 Å². The Hall–Kier alpha value is -1.87. The summed E-state index contributed by atoms with van der Waals surface area (Å²) in [5.74, 6) is 0.120. The molecule has 7 nitrogen and oxygen atoms in total. The third kappa shape index (κ3) is 5.63. The minimum absolute atomic E-state index is 0.120. The maximum absolute atomic E-state index is 13.7. The first-order valence-corrected chi connectivity index (χ1v) is 15.5. The first kappa shape index (κ1) is 26.7. The van der Waals surface area contributed by atoms with Crippen LogP contribution < -0.4 is 0 Å². The van der Waals surface area contributed by atoms with Gasteiger partial charge in [0.2, 0.25) is 15.9 Å². The van der Waals surface area contributed by atoms with E-state index < -0.39 is 10.0 Å². The molecule has 2 fully saturated rings. The molecule has 0 radical (unpaired) electrons. The number of sulfonamides is 1. The highest BCUT2D eigenvalue weighted by molar-refractivity contribution is 7.89. The van der Waals surface area contributed by atoms with Gasteiger partial charge in [-0.05, 0) is 94.4 Å². The summed E-state index contributed by atoms with van der Waals surface area (Å²) >= 11 is 6.23. The van der Waals surface area contributed by atoms with E-state index in [4.69, 9.17) is 11.6 Å². The fourth-order valence-corrected chi connectivity index (χ4v) is 8.42. The number of carbonyl (C=O) groups is 1. The summed E-state index contributed by atoms with van der Waals surface area (Å²) in [7, 11) is -3.66. The molecule has 1 amide bonds. The van der Waals surface area contributed by atoms with E-state index in [9.17, 15) is 13.2 Å². The van der Waals surface area contributed by atoms with E-state index in [1.54, 1.807) is 23.4 Å². The Kier molecular flexibility index (Phi) is 8.01. The first-order chi connectivity index (χ1) is 17.7. The van der Waals surface area contributed by atoms with Crippen molar-refractivity contribution in [3.8, 4) is 0 Å². The third-order valence-electron chi connectivity index (χ3n) is 8.35. The average molecular weight is 547 g/mol. The zero-order valence-corrected chi connectivity index (χ0v) is 23.7. The van der Waals surface area contributed by atoms with E-state index >= 15 is 0 Å². The number of likely N-dealkylation sites (tertiary alicyclic amines) is 1. The highest BCUT2D eigenvalue weighted by Crippen LogP contribution is 2.32. The molecule has 2 saturated heterocycles. The van der Waals surface area contributed by atoms with Crippen molar-refractivity contribution < 1.29 is 13.2 Å². The van der Waals surface area contributed by atoms with Crippen LogP contribution in [0.5, 0.6) is 0 Å². The molecule has 37 heavy (non-hydrogen) atoms. The number of rotatable bonds is 7. The first-order valence-electron chi connectivity index (χ1n) is 13.7. The van der Waals surface area contributed by atoms with Crippen LogP contribution in [-0.4, -0.2) is 65.2 Å². The lowest BCUT2D eigenvalue weighted by Gasteiger charge is -2.36. The zero-order chi connectivity index (χ0) is 26.2. The maximum atomic E-state index is 13.7. The van der Waals surface area contributed by atoms with Crippen LogP contribution in [0.25, 0.3) is 0 Å². The van der Waals surface area contributed by atoms with Crippen LogP contribution in [-0.2, 0) is 34.5 Å². The lowest BCUT2D eigenvalue weighted by atomic mass is 10.00. The third-order valence-corrected chi connectivity index (χ3v) is 10.9. The number of hydrogen-bond acceptors (Lipinski definition) is 4. The molecule has 1 aromatic heterocycles. The number of carbonyl (C=O) groups excluding carboxylic acids is 1. The van der Waals surface area contributed by atoms with Crippen molar-refractivity contribution >= 4 is 27.5 Å². The van der Waals surface area contributed by atoms with Gasteiger partial charge in [0.15, 0.2) is 0 Å². The van der Waals surface area contributed by atoms with Gasteiger partial charge in [0.1, 0.15) is 0 Å². The molecule has 1 aromatic carbocycles. The molecule has 4 heterocycles. The van der Waals surface area contributed by atoms with Gasteiger partial charge in [-0.3, -0.25) is 9.69 Å². The van der Waals surface area contributed by atoms with Gasteiger partial charge in [-0.2, -0.15) is 4.31 Å². The SMILES string of the molecule is Cc1cc(S(=O)(=O)N2CCCCC2CCC(=O)N2CCn3c(CN4CCCC4)ccc3C2)c(C)cc1Cl. The van der Waals surface area contributed by atoms with E-state index in [0.29, 0.717) is 48.0 Å². The van der Waals surface area contributed by atoms with Gasteiger partial charge < -0.3 is 9.47 Å². The minimum Gasteiger partial charge on any atom is -0.344 e. The molecule has 0 spiro atoms. The molecular weight excluding hydrogens is 508 g/mol. The fourth-order valence-electron chi connectivity index (χ4n) is 6.18. The number of aryl methyl sites for hydroxylation is 2. The van der Waals surface area contributed by atoms with Crippen LogP contribution in [0.3, 0.4) is 0 Å². The van der Waals surface area contributed by atoms with E-state index in [2.05, 4.69) is 21.6 Å². The maximum Gasteiger partial charge on any atom is 0.243 e. The molecule has 1 unspecified atom stereocenters. The molecule has 0 saturated carbocycles. The molecule has 0 N–H and O–H groups in total. The quantitative estimate of drug-likeness (QED) is 0.504. The topological polar surface area (TPSA) is 65.9 Å². The second-order valence-electron chi connectivity index (χ2n) is 10.9. The number of benzene rings is 1. The highest BCUT2D eigenvalue weighted by atomic mass is 35.5. The van der Waals surface area contributed by atoms with Gasteiger partial charge in [0, 0.05) is 55.1 Å². The Balaban J connectivity index is 1.22. The van der Waals surface area contributed by atoms with E-state index in [-0.39, 0.29) is 11.9 Å². The molecule has 5 rings (SSSR count). The summed E-state index contributed by atoms with van der Waals surface area (Å²) in [5, 5.41) is 0.577. The van der Waals surface area contributed by atoms with Crippen molar-refractivity contribution in [1.82, 2.24) is 18.7 Å². The van der Waals surface area contributed by atoms with Gasteiger partial charge in [-0.15, -0.1) is 0 Å². The largest absolute Gasteiger partial charge is 0.344 e. The second-order valence-corrected chi connectivity index (χ2v) is 13.2. The number of fused-ring (bicyclic) bond motifs is 1. The summed E-state index contributed by atoms with van der Waals surface area (Å²) in [4.78, 5) is 18.0. The Bertz CT molecular complexity index is 1250. The van der Waals surface area contributed by atoms with Gasteiger partial charge in [-0.25, -0.2) is 8.42 Å². The molecule has 3 aliphatic rings. The lowest BCUT2D eigenvalue weighted by molar-refractivity contribution is -0.133. The Labute approximate surface area is 226 Å². The summed E-state index contributed by atoms with van der Waals surface area (Å²) in [6.07, 6.45) is 6.13. The Morgan fingerprint density at radius 2 is 1.73 bits per heavy atom. The molecule has 1 atom stereocenters. The number of hydrogen-bond donors (Lipinski definition) is 0. The summed E-state index contributed by atoms with van der Waals surface area (Å²) in [6.45, 7) is 9.65. The van der Waals surface area contributed by atoms with Crippen LogP contribution in [0.15, 0.2) is 29.2 Å². The number of aromatic nitrogens is 1. The number of amides is 1. The van der Waals surface area contributed by atoms with Crippen LogP contribution in [0.4, 0.5) is 0 Å². The fraction of sp³-hybridized carbons (Fsp3) is 0.607. The monoisotopic (exact) mass is 546 g/mol. The lowest BCUT2D eigenvalue weighted by Crippen LogP contribution is -2.45. The van der Waals surface area contributed by atoms with Gasteiger partial charge in [0.25, 0.3) is 0 Å². The van der Waals surface area contributed by atoms with Gasteiger partial charge in [-0.1, -0.05) is 18.0 Å². The molecular formula is C28H39ClN4O3S.